The van der Waals surface area contributed by atoms with Crippen LogP contribution in [0.25, 0.3) is 0 Å². The number of carbonyl (C=O) groups excluding carboxylic acids is 3. The van der Waals surface area contributed by atoms with E-state index in [9.17, 15) is 14.4 Å². The van der Waals surface area contributed by atoms with Crippen molar-refractivity contribution in [1.29, 1.82) is 0 Å². The number of cyclic esters (lactones) is 1. The van der Waals surface area contributed by atoms with Gasteiger partial charge in [0.15, 0.2) is 6.61 Å². The number of nitrogens with zero attached hydrogens (tertiary/aromatic N) is 1. The average molecular weight is 414 g/mol. The summed E-state index contributed by atoms with van der Waals surface area (Å²) in [6.07, 6.45) is -0.692. The van der Waals surface area contributed by atoms with Gasteiger partial charge in [0.1, 0.15) is 0 Å². The largest absolute Gasteiger partial charge is 0.439 e. The number of rotatable bonds is 7. The Morgan fingerprint density at radius 1 is 0.806 bits per heavy atom. The predicted molar refractivity (Wildman–Crippen MR) is 115 cm³/mol. The fourth-order valence-electron chi connectivity index (χ4n) is 3.70. The zero-order chi connectivity index (χ0) is 21.6. The molecule has 1 saturated heterocycles. The van der Waals surface area contributed by atoms with Gasteiger partial charge in [-0.15, -0.1) is 0 Å². The summed E-state index contributed by atoms with van der Waals surface area (Å²) in [6, 6.07) is 27.8. The first kappa shape index (κ1) is 20.3. The van der Waals surface area contributed by atoms with Crippen molar-refractivity contribution < 1.29 is 19.1 Å². The van der Waals surface area contributed by atoms with Crippen LogP contribution in [0, 0.1) is 0 Å². The van der Waals surface area contributed by atoms with E-state index in [1.54, 1.807) is 0 Å². The minimum atomic E-state index is -0.692. The van der Waals surface area contributed by atoms with Crippen LogP contribution in [0.2, 0.25) is 0 Å². The molecule has 31 heavy (non-hydrogen) atoms. The smallest absolute Gasteiger partial charge is 0.417 e. The van der Waals surface area contributed by atoms with Crippen LogP contribution in [-0.2, 0) is 14.3 Å². The number of amides is 3. The third-order valence-corrected chi connectivity index (χ3v) is 5.25. The molecule has 3 aromatic carbocycles. The van der Waals surface area contributed by atoms with Gasteiger partial charge in [-0.3, -0.25) is 9.59 Å². The van der Waals surface area contributed by atoms with Crippen molar-refractivity contribution in [2.75, 3.05) is 13.2 Å². The molecule has 156 valence electrons. The second-order valence-electron chi connectivity index (χ2n) is 7.29. The first-order valence-corrected chi connectivity index (χ1v) is 10.1. The van der Waals surface area contributed by atoms with Gasteiger partial charge in [-0.1, -0.05) is 91.0 Å². The SMILES string of the molecule is O=C(N[C@@H](CN1C(=O)COC1=O)c1ccccc1)C(c1ccccc1)c1ccccc1. The van der Waals surface area contributed by atoms with E-state index < -0.39 is 24.0 Å². The van der Waals surface area contributed by atoms with Gasteiger partial charge in [-0.25, -0.2) is 9.69 Å². The molecule has 1 atom stereocenters. The number of hydrogen-bond donors (Lipinski definition) is 1. The van der Waals surface area contributed by atoms with E-state index in [2.05, 4.69) is 5.32 Å². The van der Waals surface area contributed by atoms with Crippen LogP contribution in [0.15, 0.2) is 91.0 Å². The lowest BCUT2D eigenvalue weighted by atomic mass is 9.90. The van der Waals surface area contributed by atoms with E-state index in [1.807, 2.05) is 91.0 Å². The Hall–Kier alpha value is -3.93. The molecule has 0 radical (unpaired) electrons. The molecule has 3 aromatic rings. The van der Waals surface area contributed by atoms with Gasteiger partial charge in [0.25, 0.3) is 5.91 Å². The molecule has 0 aromatic heterocycles. The third-order valence-electron chi connectivity index (χ3n) is 5.25. The molecule has 3 amide bonds. The van der Waals surface area contributed by atoms with Gasteiger partial charge < -0.3 is 10.1 Å². The molecule has 1 N–H and O–H groups in total. The lowest BCUT2D eigenvalue weighted by molar-refractivity contribution is -0.127. The molecule has 0 bridgehead atoms. The van der Waals surface area contributed by atoms with Gasteiger partial charge in [0, 0.05) is 0 Å². The number of carbonyl (C=O) groups is 3. The first-order chi connectivity index (χ1) is 15.1. The molecule has 0 saturated carbocycles. The Kier molecular flexibility index (Phi) is 6.08. The number of hydrogen-bond acceptors (Lipinski definition) is 4. The minimum absolute atomic E-state index is 0.00369. The second kappa shape index (κ2) is 9.26. The Bertz CT molecular complexity index is 999. The van der Waals surface area contributed by atoms with Crippen molar-refractivity contribution in [3.05, 3.63) is 108 Å². The van der Waals surface area contributed by atoms with Gasteiger partial charge >= 0.3 is 6.09 Å². The minimum Gasteiger partial charge on any atom is -0.439 e. The molecule has 4 rings (SSSR count). The molecular formula is C25H22N2O4. The van der Waals surface area contributed by atoms with Crippen LogP contribution in [0.1, 0.15) is 28.7 Å². The highest BCUT2D eigenvalue weighted by atomic mass is 16.6. The summed E-state index contributed by atoms with van der Waals surface area (Å²) in [6.45, 7) is -0.269. The van der Waals surface area contributed by atoms with Gasteiger partial charge in [-0.05, 0) is 16.7 Å². The van der Waals surface area contributed by atoms with Crippen molar-refractivity contribution in [3.8, 4) is 0 Å². The summed E-state index contributed by atoms with van der Waals surface area (Å²) >= 11 is 0. The van der Waals surface area contributed by atoms with Crippen molar-refractivity contribution in [2.45, 2.75) is 12.0 Å². The Balaban J connectivity index is 1.65. The van der Waals surface area contributed by atoms with Crippen LogP contribution >= 0.6 is 0 Å². The summed E-state index contributed by atoms with van der Waals surface area (Å²) < 4.78 is 4.83. The normalized spacial score (nSPS) is 14.4. The quantitative estimate of drug-likeness (QED) is 0.640. The molecule has 1 aliphatic heterocycles. The van der Waals surface area contributed by atoms with Crippen LogP contribution < -0.4 is 5.32 Å². The predicted octanol–water partition coefficient (Wildman–Crippen LogP) is 3.65. The highest BCUT2D eigenvalue weighted by Gasteiger charge is 2.34. The maximum Gasteiger partial charge on any atom is 0.417 e. The summed E-state index contributed by atoms with van der Waals surface area (Å²) in [4.78, 5) is 38.6. The number of imide groups is 1. The van der Waals surface area contributed by atoms with E-state index in [1.165, 1.54) is 0 Å². The summed E-state index contributed by atoms with van der Waals surface area (Å²) in [5.41, 5.74) is 2.51. The van der Waals surface area contributed by atoms with Crippen LogP contribution in [0.5, 0.6) is 0 Å². The number of benzene rings is 3. The Labute approximate surface area is 180 Å². The fraction of sp³-hybridized carbons (Fsp3) is 0.160. The molecule has 6 nitrogen and oxygen atoms in total. The maximum atomic E-state index is 13.5. The summed E-state index contributed by atoms with van der Waals surface area (Å²) in [7, 11) is 0. The molecule has 1 fully saturated rings. The lowest BCUT2D eigenvalue weighted by Crippen LogP contribution is -2.42. The first-order valence-electron chi connectivity index (χ1n) is 10.1. The lowest BCUT2D eigenvalue weighted by Gasteiger charge is -2.26. The third kappa shape index (κ3) is 4.64. The molecule has 0 unspecified atom stereocenters. The van der Waals surface area contributed by atoms with Crippen LogP contribution in [0.4, 0.5) is 4.79 Å². The molecule has 6 heteroatoms. The molecule has 1 heterocycles. The zero-order valence-corrected chi connectivity index (χ0v) is 16.8. The molecule has 1 aliphatic rings. The van der Waals surface area contributed by atoms with E-state index in [-0.39, 0.29) is 19.1 Å². The van der Waals surface area contributed by atoms with Crippen LogP contribution in [-0.4, -0.2) is 36.0 Å². The second-order valence-corrected chi connectivity index (χ2v) is 7.29. The standard InChI is InChI=1S/C25H22N2O4/c28-22-17-31-25(30)27(22)16-21(18-10-4-1-5-11-18)26-24(29)23(19-12-6-2-7-13-19)20-14-8-3-9-15-20/h1-15,21,23H,16-17H2,(H,26,29)/t21-/m0/s1. The highest BCUT2D eigenvalue weighted by Crippen LogP contribution is 2.27. The number of nitrogens with one attached hydrogen (secondary N) is 1. The Morgan fingerprint density at radius 2 is 1.29 bits per heavy atom. The fourth-order valence-corrected chi connectivity index (χ4v) is 3.70. The molecule has 0 aliphatic carbocycles. The van der Waals surface area contributed by atoms with Crippen molar-refractivity contribution in [2.24, 2.45) is 0 Å². The van der Waals surface area contributed by atoms with Crippen molar-refractivity contribution in [1.82, 2.24) is 10.2 Å². The molecule has 0 spiro atoms. The Morgan fingerprint density at radius 3 is 1.74 bits per heavy atom. The van der Waals surface area contributed by atoms with E-state index in [0.29, 0.717) is 0 Å². The maximum absolute atomic E-state index is 13.5. The van der Waals surface area contributed by atoms with Gasteiger partial charge in [0.05, 0.1) is 18.5 Å². The topological polar surface area (TPSA) is 75.7 Å². The summed E-state index contributed by atoms with van der Waals surface area (Å²) in [5.74, 6) is -1.16. The van der Waals surface area contributed by atoms with E-state index in [0.717, 1.165) is 21.6 Å². The molecular weight excluding hydrogens is 392 g/mol. The van der Waals surface area contributed by atoms with E-state index >= 15 is 0 Å². The monoisotopic (exact) mass is 414 g/mol. The van der Waals surface area contributed by atoms with E-state index in [4.69, 9.17) is 4.74 Å². The highest BCUT2D eigenvalue weighted by molar-refractivity contribution is 5.98. The van der Waals surface area contributed by atoms with Gasteiger partial charge in [0.2, 0.25) is 5.91 Å². The van der Waals surface area contributed by atoms with Crippen molar-refractivity contribution >= 4 is 17.9 Å². The summed E-state index contributed by atoms with van der Waals surface area (Å²) in [5, 5.41) is 3.06. The zero-order valence-electron chi connectivity index (χ0n) is 16.8. The number of ether oxygens (including phenoxy) is 1. The van der Waals surface area contributed by atoms with Crippen LogP contribution in [0.3, 0.4) is 0 Å². The van der Waals surface area contributed by atoms with Gasteiger partial charge in [-0.2, -0.15) is 0 Å². The van der Waals surface area contributed by atoms with Crippen molar-refractivity contribution in [3.63, 3.8) is 0 Å². The average Bonchev–Trinajstić information content (AvgIpc) is 3.13.